The molecule has 0 saturated heterocycles. The minimum atomic E-state index is -0.634. The fourth-order valence-electron chi connectivity index (χ4n) is 4.87. The van der Waals surface area contributed by atoms with Gasteiger partial charge in [0.15, 0.2) is 5.76 Å². The van der Waals surface area contributed by atoms with E-state index in [9.17, 15) is 9.59 Å². The number of hydrogen-bond donors (Lipinski definition) is 1. The molecule has 0 radical (unpaired) electrons. The molecule has 1 aromatic heterocycles. The predicted molar refractivity (Wildman–Crippen MR) is 145 cm³/mol. The summed E-state index contributed by atoms with van der Waals surface area (Å²) in [6.07, 6.45) is 0.440. The van der Waals surface area contributed by atoms with Gasteiger partial charge in [0.05, 0.1) is 13.0 Å². The molecule has 0 bridgehead atoms. The Labute approximate surface area is 225 Å². The summed E-state index contributed by atoms with van der Waals surface area (Å²) in [7, 11) is 1.43. The summed E-state index contributed by atoms with van der Waals surface area (Å²) in [6.45, 7) is 3.51. The highest BCUT2D eigenvalue weighted by molar-refractivity contribution is 6.31. The van der Waals surface area contributed by atoms with Gasteiger partial charge in [0.2, 0.25) is 0 Å². The van der Waals surface area contributed by atoms with Crippen LogP contribution in [-0.2, 0) is 20.7 Å². The number of anilines is 1. The number of aromatic nitrogens is 1. The highest BCUT2D eigenvalue weighted by Gasteiger charge is 2.29. The van der Waals surface area contributed by atoms with Gasteiger partial charge in [-0.1, -0.05) is 77.4 Å². The number of carbonyl (C=O) groups excluding carboxylic acids is 2. The average molecular weight is 531 g/mol. The first-order valence-electron chi connectivity index (χ1n) is 12.4. The summed E-state index contributed by atoms with van der Waals surface area (Å²) in [5, 5.41) is 7.34. The number of fused-ring (bicyclic) bond motifs is 1. The summed E-state index contributed by atoms with van der Waals surface area (Å²) in [5.41, 5.74) is 6.75. The molecule has 4 aromatic rings. The van der Waals surface area contributed by atoms with E-state index in [4.69, 9.17) is 25.6 Å². The molecule has 7 nitrogen and oxygen atoms in total. The molecule has 194 valence electrons. The molecule has 0 aliphatic heterocycles. The maximum Gasteiger partial charge on any atom is 0.412 e. The van der Waals surface area contributed by atoms with Gasteiger partial charge in [0.25, 0.3) is 0 Å². The fourth-order valence-corrected chi connectivity index (χ4v) is 5.16. The summed E-state index contributed by atoms with van der Waals surface area (Å²) in [6, 6.07) is 21.2. The molecule has 1 N–H and O–H groups in total. The molecule has 0 spiro atoms. The Bertz CT molecular complexity index is 1500. The quantitative estimate of drug-likeness (QED) is 0.260. The van der Waals surface area contributed by atoms with Gasteiger partial charge in [0, 0.05) is 16.1 Å². The van der Waals surface area contributed by atoms with Gasteiger partial charge >= 0.3 is 12.1 Å². The minimum Gasteiger partial charge on any atom is -0.469 e. The first kappa shape index (κ1) is 25.5. The van der Waals surface area contributed by atoms with E-state index in [0.29, 0.717) is 22.2 Å². The monoisotopic (exact) mass is 530 g/mol. The van der Waals surface area contributed by atoms with Crippen LogP contribution in [0.25, 0.3) is 22.5 Å². The van der Waals surface area contributed by atoms with Gasteiger partial charge in [0.1, 0.15) is 17.5 Å². The number of carbonyl (C=O) groups is 2. The van der Waals surface area contributed by atoms with E-state index < -0.39 is 12.2 Å². The van der Waals surface area contributed by atoms with Crippen LogP contribution in [0.1, 0.15) is 47.8 Å². The van der Waals surface area contributed by atoms with Crippen molar-refractivity contribution in [3.8, 4) is 22.5 Å². The summed E-state index contributed by atoms with van der Waals surface area (Å²) >= 11 is 6.23. The topological polar surface area (TPSA) is 90.7 Å². The van der Waals surface area contributed by atoms with E-state index in [1.54, 1.807) is 19.9 Å². The van der Waals surface area contributed by atoms with E-state index in [0.717, 1.165) is 40.7 Å². The molecule has 1 heterocycles. The number of benzene rings is 3. The molecule has 1 unspecified atom stereocenters. The lowest BCUT2D eigenvalue weighted by molar-refractivity contribution is -0.142. The van der Waals surface area contributed by atoms with E-state index in [1.807, 2.05) is 54.6 Å². The zero-order valence-electron chi connectivity index (χ0n) is 21.3. The van der Waals surface area contributed by atoms with Crippen molar-refractivity contribution in [2.24, 2.45) is 0 Å². The van der Waals surface area contributed by atoms with Crippen LogP contribution in [0.4, 0.5) is 10.5 Å². The highest BCUT2D eigenvalue weighted by Crippen LogP contribution is 2.37. The summed E-state index contributed by atoms with van der Waals surface area (Å²) in [4.78, 5) is 24.7. The minimum absolute atomic E-state index is 0.185. The molecule has 1 aliphatic carbocycles. The first-order chi connectivity index (χ1) is 18.4. The van der Waals surface area contributed by atoms with Crippen LogP contribution in [0.5, 0.6) is 0 Å². The van der Waals surface area contributed by atoms with E-state index in [-0.39, 0.29) is 11.9 Å². The molecular weight excluding hydrogens is 504 g/mol. The number of nitrogens with zero attached hydrogens (tertiary/aromatic N) is 1. The number of aryl methyl sites for hydroxylation is 2. The van der Waals surface area contributed by atoms with Crippen LogP contribution in [0.3, 0.4) is 0 Å². The highest BCUT2D eigenvalue weighted by atomic mass is 35.5. The number of halogens is 1. The van der Waals surface area contributed by atoms with Crippen molar-refractivity contribution < 1.29 is 23.6 Å². The van der Waals surface area contributed by atoms with Crippen LogP contribution in [0.2, 0.25) is 5.02 Å². The normalized spacial score (nSPS) is 15.0. The van der Waals surface area contributed by atoms with E-state index >= 15 is 0 Å². The van der Waals surface area contributed by atoms with Crippen molar-refractivity contribution in [2.75, 3.05) is 12.4 Å². The number of amides is 1. The van der Waals surface area contributed by atoms with Gasteiger partial charge < -0.3 is 14.0 Å². The number of hydrogen-bond acceptors (Lipinski definition) is 6. The Morgan fingerprint density at radius 2 is 1.76 bits per heavy atom. The molecule has 1 amide bonds. The van der Waals surface area contributed by atoms with Crippen LogP contribution < -0.4 is 5.32 Å². The summed E-state index contributed by atoms with van der Waals surface area (Å²) < 4.78 is 16.1. The Hall–Kier alpha value is -4.10. The van der Waals surface area contributed by atoms with Crippen molar-refractivity contribution in [1.29, 1.82) is 0 Å². The van der Waals surface area contributed by atoms with Gasteiger partial charge in [-0.2, -0.15) is 0 Å². The third-order valence-electron chi connectivity index (χ3n) is 6.90. The smallest absolute Gasteiger partial charge is 0.412 e. The number of ether oxygens (including phenoxy) is 2. The second kappa shape index (κ2) is 10.7. The SMILES string of the molecule is COC(=O)C1CCc2cc(-c3ccc(-c4onc(C)c4NC(=O)O[C@H](C)c4ccccc4Cl)cc3)ccc21. The second-order valence-electron chi connectivity index (χ2n) is 9.27. The van der Waals surface area contributed by atoms with Gasteiger partial charge in [-0.05, 0) is 55.0 Å². The Morgan fingerprint density at radius 1 is 1.05 bits per heavy atom. The maximum absolute atomic E-state index is 12.7. The largest absolute Gasteiger partial charge is 0.469 e. The van der Waals surface area contributed by atoms with Crippen molar-refractivity contribution in [1.82, 2.24) is 5.16 Å². The molecular formula is C30H27ClN2O5. The Kier molecular flexibility index (Phi) is 7.20. The molecule has 5 rings (SSSR count). The lowest BCUT2D eigenvalue weighted by Gasteiger charge is -2.15. The second-order valence-corrected chi connectivity index (χ2v) is 9.68. The van der Waals surface area contributed by atoms with E-state index in [2.05, 4.69) is 16.5 Å². The lowest BCUT2D eigenvalue weighted by Crippen LogP contribution is -2.17. The third-order valence-corrected chi connectivity index (χ3v) is 7.25. The van der Waals surface area contributed by atoms with Crippen LogP contribution in [0.15, 0.2) is 71.3 Å². The zero-order valence-corrected chi connectivity index (χ0v) is 22.0. The number of methoxy groups -OCH3 is 1. The number of esters is 1. The number of rotatable bonds is 6. The van der Waals surface area contributed by atoms with Crippen LogP contribution in [0, 0.1) is 6.92 Å². The van der Waals surface area contributed by atoms with Gasteiger partial charge in [-0.3, -0.25) is 10.1 Å². The van der Waals surface area contributed by atoms with Gasteiger partial charge in [-0.25, -0.2) is 4.79 Å². The molecule has 2 atom stereocenters. The third kappa shape index (κ3) is 5.02. The lowest BCUT2D eigenvalue weighted by atomic mass is 9.96. The van der Waals surface area contributed by atoms with Gasteiger partial charge in [-0.15, -0.1) is 0 Å². The van der Waals surface area contributed by atoms with Crippen molar-refractivity contribution in [3.05, 3.63) is 94.1 Å². The molecule has 0 fully saturated rings. The zero-order chi connectivity index (χ0) is 26.8. The predicted octanol–water partition coefficient (Wildman–Crippen LogP) is 7.48. The van der Waals surface area contributed by atoms with Crippen LogP contribution in [-0.4, -0.2) is 24.3 Å². The molecule has 3 aromatic carbocycles. The Balaban J connectivity index is 1.32. The van der Waals surface area contributed by atoms with Crippen molar-refractivity contribution in [2.45, 2.75) is 38.7 Å². The molecule has 1 aliphatic rings. The number of nitrogens with one attached hydrogen (secondary N) is 1. The fraction of sp³-hybridized carbons (Fsp3) is 0.233. The standard InChI is InChI=1S/C30H27ClN2O5/c1-17-27(32-30(35)37-18(2)23-6-4-5-7-26(23)31)28(38-33-17)20-10-8-19(9-11-20)21-12-14-24-22(16-21)13-15-25(24)29(34)36-3/h4-12,14,16,18,25H,13,15H2,1-3H3,(H,32,35)/t18-,25?/m1/s1. The van der Waals surface area contributed by atoms with Crippen molar-refractivity contribution in [3.63, 3.8) is 0 Å². The maximum atomic E-state index is 12.7. The molecule has 0 saturated carbocycles. The van der Waals surface area contributed by atoms with Crippen LogP contribution >= 0.6 is 11.6 Å². The Morgan fingerprint density at radius 3 is 2.50 bits per heavy atom. The first-order valence-corrected chi connectivity index (χ1v) is 12.7. The van der Waals surface area contributed by atoms with Crippen molar-refractivity contribution >= 4 is 29.4 Å². The average Bonchev–Trinajstić information content (AvgIpc) is 3.51. The van der Waals surface area contributed by atoms with E-state index in [1.165, 1.54) is 12.7 Å². The molecule has 38 heavy (non-hydrogen) atoms. The summed E-state index contributed by atoms with van der Waals surface area (Å²) in [5.74, 6) is 0.0625. The molecule has 8 heteroatoms.